The van der Waals surface area contributed by atoms with E-state index in [4.69, 9.17) is 0 Å². The Kier molecular flexibility index (Phi) is 7.23. The molecule has 0 amide bonds. The molecule has 8 bridgehead atoms. The molecule has 0 N–H and O–H groups in total. The van der Waals surface area contributed by atoms with Gasteiger partial charge in [0.1, 0.15) is 0 Å². The molecule has 12 aromatic rings. The van der Waals surface area contributed by atoms with Gasteiger partial charge in [-0.3, -0.25) is 0 Å². The average molecular weight is 798 g/mol. The third-order valence-electron chi connectivity index (χ3n) is 13.3. The first-order chi connectivity index (χ1) is 30.0. The summed E-state index contributed by atoms with van der Waals surface area (Å²) in [7, 11) is 0. The Labute approximate surface area is 356 Å². The molecule has 0 saturated carbocycles. The van der Waals surface area contributed by atoms with Gasteiger partial charge in [0.05, 0.1) is 11.0 Å². The molecule has 0 saturated heterocycles. The van der Waals surface area contributed by atoms with Crippen molar-refractivity contribution in [1.82, 2.24) is 13.7 Å². The van der Waals surface area contributed by atoms with Crippen LogP contribution in [0.2, 0.25) is 0 Å². The van der Waals surface area contributed by atoms with Gasteiger partial charge in [0.15, 0.2) is 0 Å². The van der Waals surface area contributed by atoms with Crippen LogP contribution in [0.25, 0.3) is 103 Å². The van der Waals surface area contributed by atoms with Crippen molar-refractivity contribution >= 4 is 86.2 Å². The largest absolute Gasteiger partial charge is 0.310 e. The van der Waals surface area contributed by atoms with Crippen LogP contribution < -0.4 is 0 Å². The minimum atomic E-state index is -0.106. The first-order valence-electron chi connectivity index (χ1n) is 21.1. The molecule has 1 aliphatic rings. The van der Waals surface area contributed by atoms with Crippen LogP contribution in [0.15, 0.2) is 200 Å². The molecule has 3 heterocycles. The Bertz CT molecular complexity index is 3850. The summed E-state index contributed by atoms with van der Waals surface area (Å²) in [5, 5.41) is 7.35. The summed E-state index contributed by atoms with van der Waals surface area (Å²) < 4.78 is 9.86. The molecule has 3 aromatic heterocycles. The topological polar surface area (TPSA) is 14.8 Å². The van der Waals surface area contributed by atoms with E-state index in [1.165, 1.54) is 75.0 Å². The maximum atomic E-state index is 2.46. The number of nitrogens with zero attached hydrogens (tertiary/aromatic N) is 3. The summed E-state index contributed by atoms with van der Waals surface area (Å²) in [5.41, 5.74) is 15.6. The average Bonchev–Trinajstić information content (AvgIpc) is 3.91. The molecule has 0 fully saturated rings. The lowest BCUT2D eigenvalue weighted by atomic mass is 9.82. The van der Waals surface area contributed by atoms with E-state index in [1.807, 2.05) is 11.3 Å². The highest BCUT2D eigenvalue weighted by Crippen LogP contribution is 2.49. The number of hydrogen-bond acceptors (Lipinski definition) is 1. The Morgan fingerprint density at radius 1 is 0.344 bits per heavy atom. The molecule has 9 aromatic carbocycles. The zero-order valence-electron chi connectivity index (χ0n) is 33.8. The predicted molar refractivity (Wildman–Crippen MR) is 260 cm³/mol. The minimum absolute atomic E-state index is 0.106. The van der Waals surface area contributed by atoms with Crippen LogP contribution in [0, 0.1) is 0 Å². The van der Waals surface area contributed by atoms with Gasteiger partial charge >= 0.3 is 0 Å². The van der Waals surface area contributed by atoms with Crippen molar-refractivity contribution in [2.45, 2.75) is 19.3 Å². The summed E-state index contributed by atoms with van der Waals surface area (Å²) >= 11 is 1.87. The Hall–Kier alpha value is -7.40. The number of thiophene rings is 1. The summed E-state index contributed by atoms with van der Waals surface area (Å²) in [6, 6.07) is 74.7. The van der Waals surface area contributed by atoms with Crippen LogP contribution in [0.3, 0.4) is 0 Å². The number of hydrogen-bond donors (Lipinski definition) is 0. The van der Waals surface area contributed by atoms with Crippen LogP contribution in [0.1, 0.15) is 25.0 Å². The summed E-state index contributed by atoms with van der Waals surface area (Å²) in [4.78, 5) is 0. The predicted octanol–water partition coefficient (Wildman–Crippen LogP) is 15.6. The highest BCUT2D eigenvalue weighted by molar-refractivity contribution is 7.25. The normalized spacial score (nSPS) is 13.2. The van der Waals surface area contributed by atoms with E-state index in [1.54, 1.807) is 0 Å². The standard InChI is InChI=1S/C57H39N3S/c1-57(2)51-20-8-6-18-45(51)46-26-22-43(34-52(46)57)58-39-16-10-12-36(30-39)37-13-11-17-40(31-37)59(42-25-29-56-50(33-42)49-32-41(58)24-28-55(49)61-56)44-23-27-48-47-19-7-9-21-53(47)60(54(48)35-44)38-14-4-3-5-15-38/h3-35H,1-2H3. The van der Waals surface area contributed by atoms with E-state index < -0.39 is 0 Å². The fourth-order valence-corrected chi connectivity index (χ4v) is 11.4. The van der Waals surface area contributed by atoms with Gasteiger partial charge in [-0.05, 0) is 136 Å². The van der Waals surface area contributed by atoms with Gasteiger partial charge in [0, 0.05) is 75.5 Å². The molecule has 61 heavy (non-hydrogen) atoms. The fraction of sp³-hybridized carbons (Fsp3) is 0.0526. The smallest absolute Gasteiger partial charge is 0.0561 e. The molecule has 0 spiro atoms. The zero-order valence-corrected chi connectivity index (χ0v) is 34.6. The molecule has 4 heteroatoms. The molecule has 0 aliphatic heterocycles. The molecule has 3 nitrogen and oxygen atoms in total. The van der Waals surface area contributed by atoms with Crippen LogP contribution in [0.5, 0.6) is 0 Å². The van der Waals surface area contributed by atoms with E-state index in [9.17, 15) is 0 Å². The van der Waals surface area contributed by atoms with Gasteiger partial charge in [-0.15, -0.1) is 11.3 Å². The van der Waals surface area contributed by atoms with Gasteiger partial charge in [-0.1, -0.05) is 111 Å². The highest BCUT2D eigenvalue weighted by atomic mass is 32.1. The monoisotopic (exact) mass is 797 g/mol. The van der Waals surface area contributed by atoms with Crippen molar-refractivity contribution in [2.24, 2.45) is 0 Å². The van der Waals surface area contributed by atoms with E-state index in [0.717, 1.165) is 39.1 Å². The van der Waals surface area contributed by atoms with E-state index in [0.29, 0.717) is 0 Å². The lowest BCUT2D eigenvalue weighted by Crippen LogP contribution is -2.15. The maximum absolute atomic E-state index is 2.46. The summed E-state index contributed by atoms with van der Waals surface area (Å²) in [6.07, 6.45) is 0. The second kappa shape index (κ2) is 12.8. The third-order valence-corrected chi connectivity index (χ3v) is 14.4. The van der Waals surface area contributed by atoms with Crippen LogP contribution in [-0.4, -0.2) is 13.7 Å². The molecule has 0 atom stereocenters. The SMILES string of the molecule is CC1(C)c2ccccc2-c2ccc(-n3c4cccc(c4)c4cccc(c4)n(-c4ccc5c6ccccc6n(-c6ccccc6)c5c4)c4ccc5sc6ccc3cc6c5c4)cc21. The van der Waals surface area contributed by atoms with Crippen LogP contribution in [-0.2, 0) is 5.41 Å². The maximum Gasteiger partial charge on any atom is 0.0561 e. The van der Waals surface area contributed by atoms with Crippen LogP contribution >= 0.6 is 11.3 Å². The minimum Gasteiger partial charge on any atom is -0.310 e. The van der Waals surface area contributed by atoms with Crippen molar-refractivity contribution in [3.8, 4) is 28.2 Å². The molecule has 0 radical (unpaired) electrons. The molecule has 1 aliphatic carbocycles. The highest BCUT2D eigenvalue weighted by Gasteiger charge is 2.35. The van der Waals surface area contributed by atoms with Gasteiger partial charge in [-0.2, -0.15) is 0 Å². The van der Waals surface area contributed by atoms with Gasteiger partial charge in [0.2, 0.25) is 0 Å². The summed E-state index contributed by atoms with van der Waals surface area (Å²) in [6.45, 7) is 4.73. The number of fused-ring (bicyclic) bond motifs is 13. The summed E-state index contributed by atoms with van der Waals surface area (Å²) in [5.74, 6) is 0. The van der Waals surface area contributed by atoms with E-state index >= 15 is 0 Å². The van der Waals surface area contributed by atoms with Crippen LogP contribution in [0.4, 0.5) is 0 Å². The number of benzene rings is 9. The molecule has 13 rings (SSSR count). The Balaban J connectivity index is 1.12. The molecular formula is C57H39N3S. The van der Waals surface area contributed by atoms with Gasteiger partial charge in [-0.25, -0.2) is 0 Å². The van der Waals surface area contributed by atoms with Crippen molar-refractivity contribution in [3.63, 3.8) is 0 Å². The second-order valence-corrected chi connectivity index (χ2v) is 18.1. The van der Waals surface area contributed by atoms with Gasteiger partial charge in [0.25, 0.3) is 0 Å². The van der Waals surface area contributed by atoms with Crippen molar-refractivity contribution < 1.29 is 0 Å². The molecular weight excluding hydrogens is 759 g/mol. The second-order valence-electron chi connectivity index (χ2n) is 17.0. The quantitative estimate of drug-likeness (QED) is 0.169. The fourth-order valence-electron chi connectivity index (χ4n) is 10.4. The third kappa shape index (κ3) is 5.09. The van der Waals surface area contributed by atoms with Crippen molar-refractivity contribution in [2.75, 3.05) is 0 Å². The number of rotatable bonds is 3. The zero-order chi connectivity index (χ0) is 40.4. The van der Waals surface area contributed by atoms with E-state index in [2.05, 4.69) is 228 Å². The van der Waals surface area contributed by atoms with Crippen molar-refractivity contribution in [3.05, 3.63) is 211 Å². The Morgan fingerprint density at radius 2 is 0.918 bits per heavy atom. The van der Waals surface area contributed by atoms with E-state index in [-0.39, 0.29) is 5.41 Å². The first kappa shape index (κ1) is 34.5. The van der Waals surface area contributed by atoms with Crippen molar-refractivity contribution in [1.29, 1.82) is 0 Å². The number of para-hydroxylation sites is 2. The number of aromatic nitrogens is 3. The lowest BCUT2D eigenvalue weighted by molar-refractivity contribution is 0.660. The first-order valence-corrected chi connectivity index (χ1v) is 21.9. The lowest BCUT2D eigenvalue weighted by Gasteiger charge is -2.22. The Morgan fingerprint density at radius 3 is 1.64 bits per heavy atom. The molecule has 0 unspecified atom stereocenters. The molecule has 288 valence electrons. The van der Waals surface area contributed by atoms with Gasteiger partial charge < -0.3 is 13.7 Å².